The highest BCUT2D eigenvalue weighted by Crippen LogP contribution is 2.27. The number of carboxylic acid groups (broad SMARTS) is 1. The molecule has 0 aliphatic carbocycles. The molecule has 114 valence electrons. The second-order valence-electron chi connectivity index (χ2n) is 6.23. The highest BCUT2D eigenvalue weighted by Gasteiger charge is 2.31. The fourth-order valence-corrected chi connectivity index (χ4v) is 3.21. The van der Waals surface area contributed by atoms with Crippen molar-refractivity contribution in [1.29, 1.82) is 0 Å². The van der Waals surface area contributed by atoms with E-state index < -0.39 is 5.97 Å². The van der Waals surface area contributed by atoms with E-state index in [9.17, 15) is 14.7 Å². The number of hydrogen-bond donors (Lipinski definition) is 1. The number of carbonyl (C=O) groups is 2. The van der Waals surface area contributed by atoms with Gasteiger partial charge in [-0.3, -0.25) is 4.79 Å². The number of nitrogens with zero attached hydrogens (tertiary/aromatic N) is 1. The van der Waals surface area contributed by atoms with Crippen molar-refractivity contribution in [3.63, 3.8) is 0 Å². The van der Waals surface area contributed by atoms with Gasteiger partial charge in [-0.1, -0.05) is 19.1 Å². The van der Waals surface area contributed by atoms with Crippen LogP contribution in [0.2, 0.25) is 0 Å². The zero-order chi connectivity index (χ0) is 15.7. The van der Waals surface area contributed by atoms with Crippen LogP contribution in [0.1, 0.15) is 58.5 Å². The monoisotopic (exact) mass is 289 g/mol. The SMILES string of the molecule is Cc1ccc(C)c(C(=O)N2CCC(C)CC2C)c1C(=O)O. The fourth-order valence-electron chi connectivity index (χ4n) is 3.21. The topological polar surface area (TPSA) is 57.6 Å². The summed E-state index contributed by atoms with van der Waals surface area (Å²) in [5.74, 6) is -0.563. The molecule has 1 amide bonds. The lowest BCUT2D eigenvalue weighted by molar-refractivity contribution is 0.0572. The summed E-state index contributed by atoms with van der Waals surface area (Å²) >= 11 is 0. The average Bonchev–Trinajstić information content (AvgIpc) is 2.40. The molecule has 4 heteroatoms. The lowest BCUT2D eigenvalue weighted by Crippen LogP contribution is -2.44. The summed E-state index contributed by atoms with van der Waals surface area (Å²) in [4.78, 5) is 26.3. The number of hydrogen-bond acceptors (Lipinski definition) is 2. The van der Waals surface area contributed by atoms with Crippen LogP contribution in [-0.4, -0.2) is 34.5 Å². The van der Waals surface area contributed by atoms with E-state index in [1.165, 1.54) is 0 Å². The first-order valence-corrected chi connectivity index (χ1v) is 7.47. The molecule has 0 bridgehead atoms. The van der Waals surface area contributed by atoms with E-state index in [1.807, 2.05) is 17.9 Å². The quantitative estimate of drug-likeness (QED) is 0.909. The van der Waals surface area contributed by atoms with E-state index in [0.717, 1.165) is 18.4 Å². The summed E-state index contributed by atoms with van der Waals surface area (Å²) in [6.45, 7) is 8.48. The highest BCUT2D eigenvalue weighted by molar-refractivity contribution is 6.06. The van der Waals surface area contributed by atoms with E-state index in [4.69, 9.17) is 0 Å². The van der Waals surface area contributed by atoms with Crippen molar-refractivity contribution in [2.24, 2.45) is 5.92 Å². The van der Waals surface area contributed by atoms with Crippen molar-refractivity contribution in [3.05, 3.63) is 34.4 Å². The van der Waals surface area contributed by atoms with Crippen LogP contribution >= 0.6 is 0 Å². The van der Waals surface area contributed by atoms with Crippen LogP contribution in [0.4, 0.5) is 0 Å². The van der Waals surface area contributed by atoms with Gasteiger partial charge in [-0.15, -0.1) is 0 Å². The standard InChI is InChI=1S/C17H23NO3/c1-10-7-8-18(13(4)9-10)16(19)14-11(2)5-6-12(3)15(14)17(20)21/h5-6,10,13H,7-9H2,1-4H3,(H,20,21). The van der Waals surface area contributed by atoms with E-state index in [2.05, 4.69) is 6.92 Å². The van der Waals surface area contributed by atoms with Crippen LogP contribution in [0.15, 0.2) is 12.1 Å². The number of carboxylic acids is 1. The number of aryl methyl sites for hydroxylation is 2. The maximum atomic E-state index is 12.9. The number of likely N-dealkylation sites (tertiary alicyclic amines) is 1. The number of piperidine rings is 1. The summed E-state index contributed by atoms with van der Waals surface area (Å²) in [7, 11) is 0. The van der Waals surface area contributed by atoms with Crippen LogP contribution in [-0.2, 0) is 0 Å². The third-order valence-corrected chi connectivity index (χ3v) is 4.45. The molecule has 2 rings (SSSR count). The maximum Gasteiger partial charge on any atom is 0.336 e. The van der Waals surface area contributed by atoms with Crippen LogP contribution < -0.4 is 0 Å². The molecule has 1 N–H and O–H groups in total. The van der Waals surface area contributed by atoms with Gasteiger partial charge in [-0.2, -0.15) is 0 Å². The van der Waals surface area contributed by atoms with Crippen LogP contribution in [0.5, 0.6) is 0 Å². The summed E-state index contributed by atoms with van der Waals surface area (Å²) in [6.07, 6.45) is 1.95. The van der Waals surface area contributed by atoms with Gasteiger partial charge < -0.3 is 10.0 Å². The molecule has 0 saturated carbocycles. The number of rotatable bonds is 2. The van der Waals surface area contributed by atoms with Gasteiger partial charge in [-0.25, -0.2) is 4.79 Å². The Hall–Kier alpha value is -1.84. The smallest absolute Gasteiger partial charge is 0.336 e. The average molecular weight is 289 g/mol. The Kier molecular flexibility index (Phi) is 4.35. The Morgan fingerprint density at radius 2 is 1.71 bits per heavy atom. The number of aromatic carboxylic acids is 1. The summed E-state index contributed by atoms with van der Waals surface area (Å²) < 4.78 is 0. The van der Waals surface area contributed by atoms with Gasteiger partial charge in [0, 0.05) is 12.6 Å². The van der Waals surface area contributed by atoms with Crippen molar-refractivity contribution in [2.45, 2.75) is 46.6 Å². The van der Waals surface area contributed by atoms with Gasteiger partial charge in [-0.05, 0) is 50.7 Å². The molecule has 21 heavy (non-hydrogen) atoms. The largest absolute Gasteiger partial charge is 0.478 e. The number of benzene rings is 1. The van der Waals surface area contributed by atoms with Crippen LogP contribution in [0.25, 0.3) is 0 Å². The third-order valence-electron chi connectivity index (χ3n) is 4.45. The van der Waals surface area contributed by atoms with Crippen molar-refractivity contribution in [1.82, 2.24) is 4.90 Å². The molecule has 2 unspecified atom stereocenters. The second kappa shape index (κ2) is 5.88. The number of carbonyl (C=O) groups excluding carboxylic acids is 1. The van der Waals surface area contributed by atoms with Crippen LogP contribution in [0.3, 0.4) is 0 Å². The lowest BCUT2D eigenvalue weighted by Gasteiger charge is -2.37. The molecule has 1 aliphatic rings. The minimum Gasteiger partial charge on any atom is -0.478 e. The molecular weight excluding hydrogens is 266 g/mol. The molecule has 4 nitrogen and oxygen atoms in total. The Morgan fingerprint density at radius 1 is 1.14 bits per heavy atom. The summed E-state index contributed by atoms with van der Waals surface area (Å²) in [5.41, 5.74) is 1.86. The minimum atomic E-state index is -1.03. The summed E-state index contributed by atoms with van der Waals surface area (Å²) in [5, 5.41) is 9.46. The molecule has 2 atom stereocenters. The molecule has 1 aliphatic heterocycles. The van der Waals surface area contributed by atoms with Crippen molar-refractivity contribution in [3.8, 4) is 0 Å². The fraction of sp³-hybridized carbons (Fsp3) is 0.529. The molecule has 0 aromatic heterocycles. The Balaban J connectivity index is 2.44. The molecule has 1 aromatic carbocycles. The van der Waals surface area contributed by atoms with Crippen molar-refractivity contribution >= 4 is 11.9 Å². The minimum absolute atomic E-state index is 0.144. The zero-order valence-corrected chi connectivity index (χ0v) is 13.1. The predicted molar refractivity (Wildman–Crippen MR) is 81.8 cm³/mol. The first-order valence-electron chi connectivity index (χ1n) is 7.47. The second-order valence-corrected chi connectivity index (χ2v) is 6.23. The van der Waals surface area contributed by atoms with Gasteiger partial charge in [0.25, 0.3) is 5.91 Å². The van der Waals surface area contributed by atoms with Gasteiger partial charge in [0.2, 0.25) is 0 Å². The van der Waals surface area contributed by atoms with Gasteiger partial charge >= 0.3 is 5.97 Å². The van der Waals surface area contributed by atoms with E-state index in [-0.39, 0.29) is 17.5 Å². The lowest BCUT2D eigenvalue weighted by atomic mass is 9.91. The van der Waals surface area contributed by atoms with Gasteiger partial charge in [0.15, 0.2) is 0 Å². The molecule has 1 aromatic rings. The number of amides is 1. The Bertz CT molecular complexity index is 580. The zero-order valence-electron chi connectivity index (χ0n) is 13.1. The molecule has 0 radical (unpaired) electrons. The molecule has 1 saturated heterocycles. The third kappa shape index (κ3) is 2.94. The van der Waals surface area contributed by atoms with Gasteiger partial charge in [0.1, 0.15) is 0 Å². The highest BCUT2D eigenvalue weighted by atomic mass is 16.4. The molecule has 0 spiro atoms. The first kappa shape index (κ1) is 15.5. The predicted octanol–water partition coefficient (Wildman–Crippen LogP) is 3.26. The molecule has 1 fully saturated rings. The first-order chi connectivity index (χ1) is 9.82. The van der Waals surface area contributed by atoms with E-state index in [0.29, 0.717) is 23.6 Å². The van der Waals surface area contributed by atoms with E-state index in [1.54, 1.807) is 19.9 Å². The Morgan fingerprint density at radius 3 is 2.24 bits per heavy atom. The molecular formula is C17H23NO3. The Labute approximate surface area is 125 Å². The molecule has 1 heterocycles. The van der Waals surface area contributed by atoms with Crippen molar-refractivity contribution in [2.75, 3.05) is 6.54 Å². The maximum absolute atomic E-state index is 12.9. The van der Waals surface area contributed by atoms with E-state index >= 15 is 0 Å². The van der Waals surface area contributed by atoms with Gasteiger partial charge in [0.05, 0.1) is 11.1 Å². The summed E-state index contributed by atoms with van der Waals surface area (Å²) in [6, 6.07) is 3.74. The van der Waals surface area contributed by atoms with Crippen LogP contribution in [0, 0.1) is 19.8 Å². The van der Waals surface area contributed by atoms with Crippen molar-refractivity contribution < 1.29 is 14.7 Å². The normalized spacial score (nSPS) is 22.2.